The third kappa shape index (κ3) is 2.09. The Hall–Kier alpha value is -1.24. The molecule has 0 saturated heterocycles. The normalized spacial score (nSPS) is 14.4. The quantitative estimate of drug-likeness (QED) is 0.458. The van der Waals surface area contributed by atoms with Gasteiger partial charge in [-0.3, -0.25) is 0 Å². The zero-order valence-corrected chi connectivity index (χ0v) is 12.5. The molecule has 4 nitrogen and oxygen atoms in total. The van der Waals surface area contributed by atoms with Crippen LogP contribution >= 0.6 is 22.6 Å². The van der Waals surface area contributed by atoms with Crippen molar-refractivity contribution in [3.8, 4) is 11.5 Å². The van der Waals surface area contributed by atoms with Crippen LogP contribution in [0.15, 0.2) is 17.1 Å². The van der Waals surface area contributed by atoms with E-state index in [0.717, 1.165) is 31.3 Å². The predicted octanol–water partition coefficient (Wildman–Crippen LogP) is 4.25. The van der Waals surface area contributed by atoms with Crippen molar-refractivity contribution >= 4 is 37.7 Å². The van der Waals surface area contributed by atoms with Gasteiger partial charge in [-0.2, -0.15) is 0 Å². The van der Waals surface area contributed by atoms with Gasteiger partial charge >= 0.3 is 3.98 Å². The maximum absolute atomic E-state index is 11.2. The van der Waals surface area contributed by atoms with Crippen LogP contribution in [-0.2, 0) is 12.8 Å². The largest absolute Gasteiger partial charge is 0.482 e. The summed E-state index contributed by atoms with van der Waals surface area (Å²) in [5.74, 6) is 0.970. The van der Waals surface area contributed by atoms with Crippen molar-refractivity contribution in [3.05, 3.63) is 23.8 Å². The average molecular weight is 372 g/mol. The molecule has 2 heterocycles. The van der Waals surface area contributed by atoms with Crippen LogP contribution in [0.4, 0.5) is 4.79 Å². The van der Waals surface area contributed by atoms with E-state index in [2.05, 4.69) is 6.58 Å². The molecule has 1 aliphatic carbocycles. The van der Waals surface area contributed by atoms with Crippen molar-refractivity contribution in [2.45, 2.75) is 25.7 Å². The second kappa shape index (κ2) is 5.03. The molecular weight excluding hydrogens is 359 g/mol. The smallest absolute Gasteiger partial charge is 0.372 e. The van der Waals surface area contributed by atoms with Gasteiger partial charge in [-0.15, -0.1) is 0 Å². The van der Waals surface area contributed by atoms with Gasteiger partial charge in [0.1, 0.15) is 6.61 Å². The molecule has 5 heteroatoms. The number of carbonyl (C=O) groups excluding carboxylic acids is 1. The number of carbonyl (C=O) groups is 1. The molecule has 2 bridgehead atoms. The predicted molar refractivity (Wildman–Crippen MR) is 79.8 cm³/mol. The number of halogens is 1. The van der Waals surface area contributed by atoms with E-state index in [1.807, 2.05) is 0 Å². The molecule has 0 unspecified atom stereocenters. The zero-order valence-electron chi connectivity index (χ0n) is 10.3. The van der Waals surface area contributed by atoms with Crippen LogP contribution in [0, 0.1) is 0 Å². The molecule has 100 valence electrons. The lowest BCUT2D eigenvalue weighted by Gasteiger charge is -2.14. The van der Waals surface area contributed by atoms with Gasteiger partial charge in [0.25, 0.3) is 0 Å². The monoisotopic (exact) mass is 372 g/mol. The molecule has 19 heavy (non-hydrogen) atoms. The van der Waals surface area contributed by atoms with Crippen LogP contribution in [0.1, 0.15) is 24.0 Å². The van der Waals surface area contributed by atoms with Gasteiger partial charge in [0.05, 0.1) is 22.6 Å². The number of hydrogen-bond donors (Lipinski definition) is 0. The van der Waals surface area contributed by atoms with E-state index >= 15 is 0 Å². The summed E-state index contributed by atoms with van der Waals surface area (Å²) in [4.78, 5) is 11.2. The number of furan rings is 2. The third-order valence-electron chi connectivity index (χ3n) is 3.37. The summed E-state index contributed by atoms with van der Waals surface area (Å²) in [7, 11) is 0. The number of hydrogen-bond acceptors (Lipinski definition) is 4. The Morgan fingerprint density at radius 3 is 2.47 bits per heavy atom. The first kappa shape index (κ1) is 12.8. The Balaban J connectivity index is 2.10. The molecule has 2 aromatic rings. The highest BCUT2D eigenvalue weighted by atomic mass is 127. The molecule has 0 atom stereocenters. The Morgan fingerprint density at radius 2 is 1.89 bits per heavy atom. The van der Waals surface area contributed by atoms with Crippen molar-refractivity contribution < 1.29 is 18.7 Å². The van der Waals surface area contributed by atoms with Crippen molar-refractivity contribution in [2.75, 3.05) is 6.61 Å². The van der Waals surface area contributed by atoms with E-state index in [9.17, 15) is 4.79 Å². The van der Waals surface area contributed by atoms with E-state index < -0.39 is 3.98 Å². The van der Waals surface area contributed by atoms with Crippen molar-refractivity contribution in [1.29, 1.82) is 0 Å². The molecule has 0 saturated carbocycles. The van der Waals surface area contributed by atoms with E-state index in [-0.39, 0.29) is 0 Å². The van der Waals surface area contributed by atoms with Crippen LogP contribution in [0.25, 0.3) is 11.2 Å². The maximum Gasteiger partial charge on any atom is 0.372 e. The fraction of sp³-hybridized carbons (Fsp3) is 0.357. The Labute approximate surface area is 124 Å². The van der Waals surface area contributed by atoms with E-state index in [1.54, 1.807) is 28.7 Å². The fourth-order valence-corrected chi connectivity index (χ4v) is 2.87. The van der Waals surface area contributed by atoms with Crippen LogP contribution in [0.2, 0.25) is 0 Å². The number of rotatable bonds is 4. The molecule has 1 aliphatic rings. The molecule has 0 N–H and O–H groups in total. The second-order valence-electron chi connectivity index (χ2n) is 4.52. The summed E-state index contributed by atoms with van der Waals surface area (Å²) in [5.41, 5.74) is 3.81. The molecule has 0 fully saturated rings. The minimum atomic E-state index is -0.394. The summed E-state index contributed by atoms with van der Waals surface area (Å²) in [6.07, 6.45) is 5.94. The first-order valence-electron chi connectivity index (χ1n) is 6.23. The van der Waals surface area contributed by atoms with E-state index in [1.165, 1.54) is 11.1 Å². The minimum absolute atomic E-state index is 0.361. The molecule has 0 aromatic carbocycles. The van der Waals surface area contributed by atoms with Crippen molar-refractivity contribution in [3.63, 3.8) is 0 Å². The van der Waals surface area contributed by atoms with Crippen LogP contribution < -0.4 is 9.47 Å². The van der Waals surface area contributed by atoms with Gasteiger partial charge in [0.15, 0.2) is 11.2 Å². The molecule has 0 aliphatic heterocycles. The van der Waals surface area contributed by atoms with Crippen LogP contribution in [-0.4, -0.2) is 10.6 Å². The lowest BCUT2D eigenvalue weighted by molar-refractivity contribution is 0.228. The zero-order chi connectivity index (χ0) is 13.4. The highest BCUT2D eigenvalue weighted by molar-refractivity contribution is 14.1. The SMILES string of the molecule is C=CCOc1c(OC(=O)I)c2oc1c1c2CCCC1. The van der Waals surface area contributed by atoms with Crippen molar-refractivity contribution in [1.82, 2.24) is 0 Å². The summed E-state index contributed by atoms with van der Waals surface area (Å²) < 4.78 is 16.3. The highest BCUT2D eigenvalue weighted by Gasteiger charge is 2.31. The lowest BCUT2D eigenvalue weighted by Crippen LogP contribution is -2.05. The van der Waals surface area contributed by atoms with Crippen molar-refractivity contribution in [2.24, 2.45) is 0 Å². The molecule has 0 amide bonds. The van der Waals surface area contributed by atoms with Gasteiger partial charge in [-0.05, 0) is 25.7 Å². The highest BCUT2D eigenvalue weighted by Crippen LogP contribution is 2.50. The topological polar surface area (TPSA) is 48.7 Å². The van der Waals surface area contributed by atoms with Crippen LogP contribution in [0.3, 0.4) is 0 Å². The number of ether oxygens (including phenoxy) is 2. The molecule has 0 radical (unpaired) electrons. The first-order chi connectivity index (χ1) is 9.22. The number of aryl methyl sites for hydroxylation is 2. The maximum atomic E-state index is 11.2. The molecule has 2 aromatic heterocycles. The van der Waals surface area contributed by atoms with Gasteiger partial charge in [-0.1, -0.05) is 12.7 Å². The average Bonchev–Trinajstić information content (AvgIpc) is 2.93. The van der Waals surface area contributed by atoms with Crippen LogP contribution in [0.5, 0.6) is 11.5 Å². The van der Waals surface area contributed by atoms with E-state index in [4.69, 9.17) is 13.9 Å². The second-order valence-corrected chi connectivity index (χ2v) is 5.40. The third-order valence-corrected chi connectivity index (χ3v) is 3.59. The van der Waals surface area contributed by atoms with Gasteiger partial charge in [0.2, 0.25) is 11.5 Å². The number of benzene rings is 1. The molecule has 3 rings (SSSR count). The Morgan fingerprint density at radius 1 is 1.26 bits per heavy atom. The number of fused-ring (bicyclic) bond motifs is 5. The standard InChI is InChI=1S/C14H13IO4/c1-2-7-17-12-10-8-5-3-4-6-9(8)11(18-10)13(12)19-14(15)16/h2H,1,3-7H2. The van der Waals surface area contributed by atoms with E-state index in [0.29, 0.717) is 23.7 Å². The Kier molecular flexibility index (Phi) is 3.38. The fourth-order valence-electron chi connectivity index (χ4n) is 2.65. The summed E-state index contributed by atoms with van der Waals surface area (Å²) >= 11 is 1.60. The lowest BCUT2D eigenvalue weighted by atomic mass is 9.91. The Bertz CT molecular complexity index is 628. The van der Waals surface area contributed by atoms with Gasteiger partial charge in [-0.25, -0.2) is 4.79 Å². The van der Waals surface area contributed by atoms with Gasteiger partial charge < -0.3 is 13.9 Å². The first-order valence-corrected chi connectivity index (χ1v) is 7.30. The summed E-state index contributed by atoms with van der Waals surface area (Å²) in [6, 6.07) is 0. The minimum Gasteiger partial charge on any atom is -0.482 e. The summed E-state index contributed by atoms with van der Waals surface area (Å²) in [6.45, 7) is 3.99. The van der Waals surface area contributed by atoms with Gasteiger partial charge in [0, 0.05) is 11.1 Å². The molecule has 0 spiro atoms. The molecular formula is C14H13IO4. The summed E-state index contributed by atoms with van der Waals surface area (Å²) in [5, 5.41) is 0.